The van der Waals surface area contributed by atoms with E-state index in [9.17, 15) is 0 Å². The van der Waals surface area contributed by atoms with Gasteiger partial charge in [0.15, 0.2) is 11.5 Å². The number of alkyl halides is 1. The second-order valence-electron chi connectivity index (χ2n) is 4.41. The summed E-state index contributed by atoms with van der Waals surface area (Å²) in [6.07, 6.45) is 1.92. The van der Waals surface area contributed by atoms with Gasteiger partial charge in [0.1, 0.15) is 11.3 Å². The Morgan fingerprint density at radius 3 is 2.62 bits per heavy atom. The van der Waals surface area contributed by atoms with Crippen LogP contribution >= 0.6 is 11.6 Å². The number of aromatic nitrogens is 2. The minimum atomic E-state index is 0.317. The Kier molecular flexibility index (Phi) is 3.97. The number of benzene rings is 1. The zero-order valence-electron chi connectivity index (χ0n) is 11.6. The molecule has 5 heteroatoms. The van der Waals surface area contributed by atoms with Crippen LogP contribution in [0.5, 0.6) is 17.4 Å². The van der Waals surface area contributed by atoms with Gasteiger partial charge in [0.25, 0.3) is 0 Å². The van der Waals surface area contributed by atoms with E-state index in [1.54, 1.807) is 0 Å². The molecule has 0 aliphatic heterocycles. The highest BCUT2D eigenvalue weighted by Gasteiger charge is 2.15. The molecule has 108 valence electrons. The van der Waals surface area contributed by atoms with E-state index in [1.807, 2.05) is 60.0 Å². The van der Waals surface area contributed by atoms with Crippen molar-refractivity contribution in [1.82, 2.24) is 9.38 Å². The SMILES string of the molecule is CCOc1ccccc1Oc1nc2ccccn2c1CCl. The van der Waals surface area contributed by atoms with Gasteiger partial charge in [-0.2, -0.15) is 4.98 Å². The first-order valence-electron chi connectivity index (χ1n) is 6.75. The molecule has 0 unspecified atom stereocenters. The third-order valence-corrected chi connectivity index (χ3v) is 3.33. The fourth-order valence-corrected chi connectivity index (χ4v) is 2.38. The number of halogens is 1. The highest BCUT2D eigenvalue weighted by atomic mass is 35.5. The summed E-state index contributed by atoms with van der Waals surface area (Å²) in [5, 5.41) is 0. The summed E-state index contributed by atoms with van der Waals surface area (Å²) in [5.74, 6) is 2.15. The minimum Gasteiger partial charge on any atom is -0.490 e. The van der Waals surface area contributed by atoms with Crippen molar-refractivity contribution in [1.29, 1.82) is 0 Å². The Morgan fingerprint density at radius 1 is 1.10 bits per heavy atom. The number of para-hydroxylation sites is 2. The third kappa shape index (κ3) is 2.67. The largest absolute Gasteiger partial charge is 0.490 e. The molecule has 0 saturated carbocycles. The van der Waals surface area contributed by atoms with Crippen molar-refractivity contribution in [2.45, 2.75) is 12.8 Å². The van der Waals surface area contributed by atoms with Crippen LogP contribution in [0, 0.1) is 0 Å². The fourth-order valence-electron chi connectivity index (χ4n) is 2.14. The van der Waals surface area contributed by atoms with Gasteiger partial charge in [0, 0.05) is 6.20 Å². The van der Waals surface area contributed by atoms with Crippen molar-refractivity contribution in [3.05, 3.63) is 54.4 Å². The Morgan fingerprint density at radius 2 is 1.86 bits per heavy atom. The first-order chi connectivity index (χ1) is 10.3. The summed E-state index contributed by atoms with van der Waals surface area (Å²) in [5.41, 5.74) is 1.62. The topological polar surface area (TPSA) is 35.8 Å². The molecule has 4 nitrogen and oxygen atoms in total. The molecule has 0 aliphatic carbocycles. The van der Waals surface area contributed by atoms with E-state index in [0.29, 0.717) is 29.9 Å². The van der Waals surface area contributed by atoms with Crippen LogP contribution < -0.4 is 9.47 Å². The summed E-state index contributed by atoms with van der Waals surface area (Å²) < 4.78 is 13.4. The molecule has 2 aromatic heterocycles. The lowest BCUT2D eigenvalue weighted by Gasteiger charge is -2.10. The molecule has 0 bridgehead atoms. The van der Waals surface area contributed by atoms with Crippen LogP contribution in [0.25, 0.3) is 5.65 Å². The number of pyridine rings is 1. The Bertz CT molecular complexity index is 755. The van der Waals surface area contributed by atoms with Crippen molar-refractivity contribution in [3.8, 4) is 17.4 Å². The average Bonchev–Trinajstić information content (AvgIpc) is 2.86. The number of ether oxygens (including phenoxy) is 2. The quantitative estimate of drug-likeness (QED) is 0.661. The van der Waals surface area contributed by atoms with E-state index in [1.165, 1.54) is 0 Å². The summed E-state index contributed by atoms with van der Waals surface area (Å²) in [6, 6.07) is 13.3. The zero-order chi connectivity index (χ0) is 14.7. The minimum absolute atomic E-state index is 0.317. The molecule has 0 fully saturated rings. The van der Waals surface area contributed by atoms with Crippen LogP contribution in [0.15, 0.2) is 48.7 Å². The van der Waals surface area contributed by atoms with Gasteiger partial charge in [-0.1, -0.05) is 18.2 Å². The molecule has 0 spiro atoms. The van der Waals surface area contributed by atoms with Crippen molar-refractivity contribution in [3.63, 3.8) is 0 Å². The van der Waals surface area contributed by atoms with Crippen LogP contribution in [0.4, 0.5) is 0 Å². The van der Waals surface area contributed by atoms with Gasteiger partial charge in [-0.15, -0.1) is 11.6 Å². The molecule has 2 heterocycles. The molecule has 0 saturated heterocycles. The first kappa shape index (κ1) is 13.8. The maximum absolute atomic E-state index is 6.05. The molecule has 1 aromatic carbocycles. The predicted octanol–water partition coefficient (Wildman–Crippen LogP) is 4.26. The van der Waals surface area contributed by atoms with Crippen LogP contribution in [0.3, 0.4) is 0 Å². The molecule has 21 heavy (non-hydrogen) atoms. The number of rotatable bonds is 5. The lowest BCUT2D eigenvalue weighted by molar-refractivity contribution is 0.319. The number of imidazole rings is 1. The standard InChI is InChI=1S/C16H15ClN2O2/c1-2-20-13-7-3-4-8-14(13)21-16-12(11-17)19-10-6-5-9-15(19)18-16/h3-10H,2,11H2,1H3. The normalized spacial score (nSPS) is 10.8. The van der Waals surface area contributed by atoms with Crippen LogP contribution in [-0.4, -0.2) is 16.0 Å². The van der Waals surface area contributed by atoms with Crippen molar-refractivity contribution in [2.75, 3.05) is 6.61 Å². The molecule has 0 amide bonds. The maximum Gasteiger partial charge on any atom is 0.242 e. The Balaban J connectivity index is 2.02. The summed E-state index contributed by atoms with van der Waals surface area (Å²) in [7, 11) is 0. The molecule has 3 aromatic rings. The molecule has 0 radical (unpaired) electrons. The second-order valence-corrected chi connectivity index (χ2v) is 4.68. The molecule has 3 rings (SSSR count). The zero-order valence-corrected chi connectivity index (χ0v) is 12.4. The molecular formula is C16H15ClN2O2. The Labute approximate surface area is 127 Å². The summed E-state index contributed by atoms with van der Waals surface area (Å²) in [6.45, 7) is 2.51. The number of nitrogens with zero attached hydrogens (tertiary/aromatic N) is 2. The summed E-state index contributed by atoms with van der Waals surface area (Å²) >= 11 is 6.05. The van der Waals surface area contributed by atoms with Gasteiger partial charge >= 0.3 is 0 Å². The predicted molar refractivity (Wildman–Crippen MR) is 82.4 cm³/mol. The van der Waals surface area contributed by atoms with E-state index in [0.717, 1.165) is 11.3 Å². The highest BCUT2D eigenvalue weighted by molar-refractivity contribution is 6.17. The number of hydrogen-bond donors (Lipinski definition) is 0. The van der Waals surface area contributed by atoms with Gasteiger partial charge in [0.05, 0.1) is 12.5 Å². The van der Waals surface area contributed by atoms with Crippen LogP contribution in [0.2, 0.25) is 0 Å². The molecular weight excluding hydrogens is 288 g/mol. The first-order valence-corrected chi connectivity index (χ1v) is 7.28. The van der Waals surface area contributed by atoms with Gasteiger partial charge in [-0.25, -0.2) is 0 Å². The van der Waals surface area contributed by atoms with Crippen molar-refractivity contribution >= 4 is 17.2 Å². The summed E-state index contributed by atoms with van der Waals surface area (Å²) in [4.78, 5) is 4.48. The number of hydrogen-bond acceptors (Lipinski definition) is 3. The maximum atomic E-state index is 6.05. The third-order valence-electron chi connectivity index (χ3n) is 3.07. The second kappa shape index (κ2) is 6.06. The molecule has 0 atom stereocenters. The Hall–Kier alpha value is -2.20. The lowest BCUT2D eigenvalue weighted by atomic mass is 10.3. The average molecular weight is 303 g/mol. The van der Waals surface area contributed by atoms with Crippen LogP contribution in [-0.2, 0) is 5.88 Å². The van der Waals surface area contributed by atoms with E-state index in [4.69, 9.17) is 21.1 Å². The van der Waals surface area contributed by atoms with Gasteiger partial charge in [-0.05, 0) is 31.2 Å². The fraction of sp³-hybridized carbons (Fsp3) is 0.188. The van der Waals surface area contributed by atoms with E-state index in [-0.39, 0.29) is 0 Å². The van der Waals surface area contributed by atoms with Gasteiger partial charge in [0.2, 0.25) is 5.88 Å². The highest BCUT2D eigenvalue weighted by Crippen LogP contribution is 2.33. The monoisotopic (exact) mass is 302 g/mol. The number of fused-ring (bicyclic) bond motifs is 1. The van der Waals surface area contributed by atoms with Crippen molar-refractivity contribution in [2.24, 2.45) is 0 Å². The van der Waals surface area contributed by atoms with E-state index < -0.39 is 0 Å². The van der Waals surface area contributed by atoms with Crippen LogP contribution in [0.1, 0.15) is 12.6 Å². The molecule has 0 aliphatic rings. The van der Waals surface area contributed by atoms with Crippen molar-refractivity contribution < 1.29 is 9.47 Å². The van der Waals surface area contributed by atoms with E-state index >= 15 is 0 Å². The molecule has 0 N–H and O–H groups in total. The van der Waals surface area contributed by atoms with E-state index in [2.05, 4.69) is 4.98 Å². The smallest absolute Gasteiger partial charge is 0.242 e. The van der Waals surface area contributed by atoms with Gasteiger partial charge in [-0.3, -0.25) is 4.40 Å². The van der Waals surface area contributed by atoms with Gasteiger partial charge < -0.3 is 9.47 Å². The lowest BCUT2D eigenvalue weighted by Crippen LogP contribution is -1.96.